The molecule has 4 rings (SSSR count). The Balaban J connectivity index is 1.46. The van der Waals surface area contributed by atoms with Gasteiger partial charge in [0, 0.05) is 37.9 Å². The molecule has 0 bridgehead atoms. The van der Waals surface area contributed by atoms with E-state index in [1.54, 1.807) is 4.90 Å². The number of ketones is 1. The van der Waals surface area contributed by atoms with Gasteiger partial charge in [0.15, 0.2) is 6.61 Å². The summed E-state index contributed by atoms with van der Waals surface area (Å²) in [6.45, 7) is 1.85. The Morgan fingerprint density at radius 2 is 1.67 bits per heavy atom. The third kappa shape index (κ3) is 4.79. The molecule has 10 nitrogen and oxygen atoms in total. The molecule has 2 aromatic rings. The lowest BCUT2D eigenvalue weighted by Crippen LogP contribution is -2.28. The summed E-state index contributed by atoms with van der Waals surface area (Å²) in [6.07, 6.45) is 4.94. The molecule has 0 radical (unpaired) electrons. The second-order valence-corrected chi connectivity index (χ2v) is 10.1. The van der Waals surface area contributed by atoms with Crippen molar-refractivity contribution in [3.05, 3.63) is 47.3 Å². The highest BCUT2D eigenvalue weighted by Crippen LogP contribution is 2.26. The van der Waals surface area contributed by atoms with Crippen molar-refractivity contribution in [1.82, 2.24) is 14.2 Å². The quantitative estimate of drug-likeness (QED) is 0.554. The minimum atomic E-state index is -3.74. The van der Waals surface area contributed by atoms with Gasteiger partial charge in [-0.15, -0.1) is 0 Å². The van der Waals surface area contributed by atoms with Crippen LogP contribution in [0.4, 0.5) is 0 Å². The highest BCUT2D eigenvalue weighted by Gasteiger charge is 2.28. The molecule has 1 aromatic heterocycles. The van der Waals surface area contributed by atoms with Crippen molar-refractivity contribution < 1.29 is 27.5 Å². The molecule has 3 heterocycles. The van der Waals surface area contributed by atoms with E-state index >= 15 is 0 Å². The van der Waals surface area contributed by atoms with Gasteiger partial charge in [0.25, 0.3) is 11.8 Å². The van der Waals surface area contributed by atoms with Gasteiger partial charge in [-0.1, -0.05) is 0 Å². The number of benzene rings is 1. The Morgan fingerprint density at radius 1 is 1.00 bits per heavy atom. The van der Waals surface area contributed by atoms with Crippen LogP contribution < -0.4 is 10.5 Å². The van der Waals surface area contributed by atoms with E-state index in [2.05, 4.69) is 4.98 Å². The molecule has 0 unspecified atom stereocenters. The minimum absolute atomic E-state index is 0.0140. The molecule has 11 heteroatoms. The van der Waals surface area contributed by atoms with Crippen molar-refractivity contribution in [2.45, 2.75) is 30.6 Å². The molecule has 2 aliphatic heterocycles. The number of carbonyl (C=O) groups excluding carboxylic acids is 3. The first kappa shape index (κ1) is 23.0. The molecule has 3 N–H and O–H groups in total. The van der Waals surface area contributed by atoms with Crippen LogP contribution in [-0.2, 0) is 10.0 Å². The van der Waals surface area contributed by atoms with Crippen LogP contribution in [0.5, 0.6) is 5.75 Å². The number of aromatic amines is 1. The third-order valence-corrected chi connectivity index (χ3v) is 7.80. The number of sulfonamides is 1. The van der Waals surface area contributed by atoms with E-state index in [1.807, 2.05) is 0 Å². The maximum Gasteiger partial charge on any atom is 0.270 e. The fourth-order valence-electron chi connectivity index (χ4n) is 4.06. The van der Waals surface area contributed by atoms with Gasteiger partial charge in [-0.3, -0.25) is 14.4 Å². The summed E-state index contributed by atoms with van der Waals surface area (Å²) in [6, 6.07) is 5.32. The highest BCUT2D eigenvalue weighted by molar-refractivity contribution is 7.89. The molecule has 1 aromatic carbocycles. The lowest BCUT2D eigenvalue weighted by atomic mass is 10.2. The summed E-state index contributed by atoms with van der Waals surface area (Å²) in [5.74, 6) is -1.41. The normalized spacial score (nSPS) is 16.8. The summed E-state index contributed by atoms with van der Waals surface area (Å²) in [4.78, 5) is 41.5. The summed E-state index contributed by atoms with van der Waals surface area (Å²) in [5.41, 5.74) is 5.91. The Labute approximate surface area is 191 Å². The number of amides is 2. The molecule has 2 aliphatic rings. The summed E-state index contributed by atoms with van der Waals surface area (Å²) >= 11 is 0. The first-order chi connectivity index (χ1) is 15.8. The number of H-pyrrole nitrogens is 1. The average molecular weight is 475 g/mol. The van der Waals surface area contributed by atoms with Crippen molar-refractivity contribution >= 4 is 27.6 Å². The van der Waals surface area contributed by atoms with E-state index < -0.39 is 28.3 Å². The van der Waals surface area contributed by atoms with Gasteiger partial charge in [-0.25, -0.2) is 8.42 Å². The van der Waals surface area contributed by atoms with Gasteiger partial charge >= 0.3 is 0 Å². The van der Waals surface area contributed by atoms with Gasteiger partial charge in [-0.2, -0.15) is 4.31 Å². The van der Waals surface area contributed by atoms with Crippen molar-refractivity contribution in [2.75, 3.05) is 32.8 Å². The van der Waals surface area contributed by atoms with E-state index in [0.29, 0.717) is 31.9 Å². The molecule has 0 saturated carbocycles. The summed E-state index contributed by atoms with van der Waals surface area (Å²) < 4.78 is 32.4. The van der Waals surface area contributed by atoms with Gasteiger partial charge in [0.2, 0.25) is 15.8 Å². The molecule has 0 aliphatic carbocycles. The van der Waals surface area contributed by atoms with E-state index in [-0.39, 0.29) is 27.7 Å². The number of hydrogen-bond acceptors (Lipinski definition) is 6. The zero-order valence-electron chi connectivity index (χ0n) is 18.1. The predicted octanol–water partition coefficient (Wildman–Crippen LogP) is 1.40. The van der Waals surface area contributed by atoms with Crippen LogP contribution in [0.2, 0.25) is 0 Å². The van der Waals surface area contributed by atoms with Crippen LogP contribution in [0, 0.1) is 0 Å². The van der Waals surface area contributed by atoms with Crippen LogP contribution >= 0.6 is 0 Å². The molecule has 2 saturated heterocycles. The highest BCUT2D eigenvalue weighted by atomic mass is 32.2. The lowest BCUT2D eigenvalue weighted by Gasteiger charge is -2.17. The number of primary amides is 1. The minimum Gasteiger partial charge on any atom is -0.485 e. The number of nitrogens with one attached hydrogen (secondary N) is 1. The Bertz CT molecular complexity index is 1180. The molecule has 2 amide bonds. The van der Waals surface area contributed by atoms with Gasteiger partial charge in [0.1, 0.15) is 11.4 Å². The number of nitrogens with two attached hydrogens (primary N) is 1. The predicted molar refractivity (Wildman–Crippen MR) is 119 cm³/mol. The van der Waals surface area contributed by atoms with Gasteiger partial charge in [-0.05, 0) is 49.9 Å². The first-order valence-electron chi connectivity index (χ1n) is 10.8. The average Bonchev–Trinajstić information content (AvgIpc) is 3.58. The van der Waals surface area contributed by atoms with E-state index in [4.69, 9.17) is 10.5 Å². The van der Waals surface area contributed by atoms with Crippen molar-refractivity contribution in [2.24, 2.45) is 5.73 Å². The van der Waals surface area contributed by atoms with Crippen LogP contribution in [0.1, 0.15) is 56.9 Å². The second-order valence-electron chi connectivity index (χ2n) is 8.15. The molecule has 0 atom stereocenters. The number of Topliss-reactive ketones (excluding diaryl/α,β-unsaturated/α-hetero) is 1. The van der Waals surface area contributed by atoms with Crippen molar-refractivity contribution in [3.8, 4) is 5.75 Å². The molecule has 0 spiro atoms. The smallest absolute Gasteiger partial charge is 0.270 e. The second kappa shape index (κ2) is 9.36. The standard InChI is InChI=1S/C22H26N4O6S/c23-21(28)17-12-16(33(30,31)26-9-3-4-10-26)5-6-20(17)32-14-19(27)15-11-18(24-13-15)22(29)25-7-1-2-8-25/h5-6,11-13,24H,1-4,7-10,14H2,(H2,23,28). The number of likely N-dealkylation sites (tertiary alicyclic amines) is 1. The first-order valence-corrected chi connectivity index (χ1v) is 12.3. The zero-order valence-corrected chi connectivity index (χ0v) is 18.9. The largest absolute Gasteiger partial charge is 0.485 e. The van der Waals surface area contributed by atoms with E-state index in [9.17, 15) is 22.8 Å². The number of rotatable bonds is 8. The van der Waals surface area contributed by atoms with Crippen molar-refractivity contribution in [1.29, 1.82) is 0 Å². The summed E-state index contributed by atoms with van der Waals surface area (Å²) in [7, 11) is -3.74. The Morgan fingerprint density at radius 3 is 2.33 bits per heavy atom. The molecule has 176 valence electrons. The molecular formula is C22H26N4O6S. The molecular weight excluding hydrogens is 448 g/mol. The van der Waals surface area contributed by atoms with Crippen LogP contribution in [-0.4, -0.2) is 73.0 Å². The maximum absolute atomic E-state index is 12.8. The third-order valence-electron chi connectivity index (χ3n) is 5.91. The van der Waals surface area contributed by atoms with E-state index in [0.717, 1.165) is 25.7 Å². The van der Waals surface area contributed by atoms with E-state index in [1.165, 1.54) is 34.8 Å². The fourth-order valence-corrected chi connectivity index (χ4v) is 5.61. The number of ether oxygens (including phenoxy) is 1. The van der Waals surface area contributed by atoms with Gasteiger partial charge < -0.3 is 20.4 Å². The number of carbonyl (C=O) groups is 3. The monoisotopic (exact) mass is 474 g/mol. The maximum atomic E-state index is 12.8. The summed E-state index contributed by atoms with van der Waals surface area (Å²) in [5, 5.41) is 0. The Kier molecular flexibility index (Phi) is 6.52. The molecule has 2 fully saturated rings. The molecule has 33 heavy (non-hydrogen) atoms. The van der Waals surface area contributed by atoms with Crippen LogP contribution in [0.3, 0.4) is 0 Å². The SMILES string of the molecule is NC(=O)c1cc(S(=O)(=O)N2CCCC2)ccc1OCC(=O)c1c[nH]c(C(=O)N2CCCC2)c1. The topological polar surface area (TPSA) is 143 Å². The van der Waals surface area contributed by atoms with Crippen LogP contribution in [0.15, 0.2) is 35.4 Å². The lowest BCUT2D eigenvalue weighted by molar-refractivity contribution is 0.0787. The number of aromatic nitrogens is 1. The van der Waals surface area contributed by atoms with Crippen LogP contribution in [0.25, 0.3) is 0 Å². The fraction of sp³-hybridized carbons (Fsp3) is 0.409. The zero-order chi connectivity index (χ0) is 23.6. The van der Waals surface area contributed by atoms with Crippen molar-refractivity contribution in [3.63, 3.8) is 0 Å². The number of nitrogens with zero attached hydrogens (tertiary/aromatic N) is 2. The van der Waals surface area contributed by atoms with Gasteiger partial charge in [0.05, 0.1) is 10.5 Å². The number of hydrogen-bond donors (Lipinski definition) is 2. The Hall–Kier alpha value is -3.18.